The van der Waals surface area contributed by atoms with Crippen LogP contribution in [0.5, 0.6) is 0 Å². The zero-order chi connectivity index (χ0) is 11.5. The van der Waals surface area contributed by atoms with Crippen LogP contribution in [0.3, 0.4) is 0 Å². The number of rotatable bonds is 2. The van der Waals surface area contributed by atoms with Gasteiger partial charge in [-0.2, -0.15) is 13.2 Å². The lowest BCUT2D eigenvalue weighted by molar-refractivity contribution is -0.0886. The molecular formula is C10H12F3NO. The molecule has 0 aliphatic heterocycles. The molecule has 0 spiro atoms. The summed E-state index contributed by atoms with van der Waals surface area (Å²) in [6.45, 7) is 1.80. The van der Waals surface area contributed by atoms with Crippen LogP contribution in [0.25, 0.3) is 0 Å². The Morgan fingerprint density at radius 3 is 2.60 bits per heavy atom. The Bertz CT molecular complexity index is 315. The second kappa shape index (κ2) is 4.51. The number of oxime groups is 1. The van der Waals surface area contributed by atoms with Gasteiger partial charge in [0, 0.05) is 5.92 Å². The zero-order valence-electron chi connectivity index (χ0n) is 8.25. The summed E-state index contributed by atoms with van der Waals surface area (Å²) in [4.78, 5) is 0. The Morgan fingerprint density at radius 1 is 1.60 bits per heavy atom. The van der Waals surface area contributed by atoms with E-state index in [0.717, 1.165) is 12.2 Å². The van der Waals surface area contributed by atoms with Crippen LogP contribution in [-0.2, 0) is 0 Å². The van der Waals surface area contributed by atoms with Crippen LogP contribution in [0, 0.1) is 5.92 Å². The van der Waals surface area contributed by atoms with Gasteiger partial charge in [-0.15, -0.1) is 0 Å². The molecule has 1 rings (SSSR count). The van der Waals surface area contributed by atoms with Crippen molar-refractivity contribution >= 4 is 5.71 Å². The maximum atomic E-state index is 12.2. The third-order valence-electron chi connectivity index (χ3n) is 2.35. The summed E-state index contributed by atoms with van der Waals surface area (Å²) in [6, 6.07) is 0. The van der Waals surface area contributed by atoms with Crippen LogP contribution in [-0.4, -0.2) is 17.1 Å². The SMILES string of the molecule is CC/C(=N/O)C1C=CC(C(F)(F)F)=CC1. The highest BCUT2D eigenvalue weighted by Gasteiger charge is 2.33. The fourth-order valence-corrected chi connectivity index (χ4v) is 1.48. The molecule has 0 aromatic rings. The van der Waals surface area contributed by atoms with Crippen LogP contribution >= 0.6 is 0 Å². The third kappa shape index (κ3) is 2.84. The van der Waals surface area contributed by atoms with Gasteiger partial charge in [0.1, 0.15) is 0 Å². The van der Waals surface area contributed by atoms with E-state index in [9.17, 15) is 13.2 Å². The standard InChI is InChI=1S/C10H12F3NO/c1-2-9(14-15)7-3-5-8(6-4-7)10(11,12)13/h3,5-7,15H,2,4H2,1H3/b14-9-. The van der Waals surface area contributed by atoms with Crippen molar-refractivity contribution in [2.45, 2.75) is 25.9 Å². The van der Waals surface area contributed by atoms with Crippen molar-refractivity contribution in [3.05, 3.63) is 23.8 Å². The minimum atomic E-state index is -4.29. The van der Waals surface area contributed by atoms with E-state index in [1.807, 2.05) is 0 Å². The molecule has 0 saturated heterocycles. The molecule has 0 radical (unpaired) electrons. The van der Waals surface area contributed by atoms with E-state index in [2.05, 4.69) is 5.16 Å². The van der Waals surface area contributed by atoms with Crippen molar-refractivity contribution in [2.75, 3.05) is 0 Å². The van der Waals surface area contributed by atoms with Crippen LogP contribution < -0.4 is 0 Å². The van der Waals surface area contributed by atoms with Gasteiger partial charge in [0.05, 0.1) is 11.3 Å². The second-order valence-corrected chi connectivity index (χ2v) is 3.30. The lowest BCUT2D eigenvalue weighted by atomic mass is 9.91. The fourth-order valence-electron chi connectivity index (χ4n) is 1.48. The summed E-state index contributed by atoms with van der Waals surface area (Å²) in [5.74, 6) is -0.217. The van der Waals surface area contributed by atoms with E-state index < -0.39 is 11.7 Å². The summed E-state index contributed by atoms with van der Waals surface area (Å²) in [6.07, 6.45) is 0.0748. The van der Waals surface area contributed by atoms with Crippen molar-refractivity contribution in [3.8, 4) is 0 Å². The normalized spacial score (nSPS) is 22.8. The van der Waals surface area contributed by atoms with Crippen molar-refractivity contribution in [1.82, 2.24) is 0 Å². The van der Waals surface area contributed by atoms with Crippen molar-refractivity contribution in [3.63, 3.8) is 0 Å². The smallest absolute Gasteiger partial charge is 0.411 e. The molecule has 0 bridgehead atoms. The molecule has 2 nitrogen and oxygen atoms in total. The predicted molar refractivity (Wildman–Crippen MR) is 50.9 cm³/mol. The summed E-state index contributed by atoms with van der Waals surface area (Å²) in [5.41, 5.74) is -0.129. The molecule has 0 amide bonds. The highest BCUT2D eigenvalue weighted by molar-refractivity contribution is 5.88. The first-order valence-corrected chi connectivity index (χ1v) is 4.65. The maximum Gasteiger partial charge on any atom is 0.416 e. The largest absolute Gasteiger partial charge is 0.416 e. The number of halogens is 3. The molecule has 15 heavy (non-hydrogen) atoms. The summed E-state index contributed by atoms with van der Waals surface area (Å²) >= 11 is 0. The van der Waals surface area contributed by atoms with Crippen molar-refractivity contribution < 1.29 is 18.4 Å². The molecule has 1 unspecified atom stereocenters. The van der Waals surface area contributed by atoms with Gasteiger partial charge in [-0.05, 0) is 12.8 Å². The number of nitrogens with zero attached hydrogens (tertiary/aromatic N) is 1. The third-order valence-corrected chi connectivity index (χ3v) is 2.35. The van der Waals surface area contributed by atoms with Crippen LogP contribution in [0.15, 0.2) is 29.0 Å². The first-order valence-electron chi connectivity index (χ1n) is 4.65. The lowest BCUT2D eigenvalue weighted by Crippen LogP contribution is -2.17. The molecule has 1 aliphatic rings. The highest BCUT2D eigenvalue weighted by Crippen LogP contribution is 2.31. The minimum absolute atomic E-state index is 0.217. The van der Waals surface area contributed by atoms with E-state index in [-0.39, 0.29) is 12.3 Å². The molecule has 0 fully saturated rings. The van der Waals surface area contributed by atoms with Gasteiger partial charge in [-0.1, -0.05) is 30.3 Å². The van der Waals surface area contributed by atoms with Crippen molar-refractivity contribution in [1.29, 1.82) is 0 Å². The average molecular weight is 219 g/mol. The Kier molecular flexibility index (Phi) is 3.55. The average Bonchev–Trinajstić information content (AvgIpc) is 2.19. The predicted octanol–water partition coefficient (Wildman–Crippen LogP) is 3.29. The van der Waals surface area contributed by atoms with Gasteiger partial charge in [0.15, 0.2) is 0 Å². The molecule has 84 valence electrons. The Hall–Kier alpha value is -1.26. The molecule has 1 aliphatic carbocycles. The molecule has 5 heteroatoms. The Labute approximate surface area is 85.8 Å². The molecule has 0 aromatic heterocycles. The number of alkyl halides is 3. The minimum Gasteiger partial charge on any atom is -0.411 e. The second-order valence-electron chi connectivity index (χ2n) is 3.30. The Balaban J connectivity index is 2.72. The number of hydrogen-bond acceptors (Lipinski definition) is 2. The van der Waals surface area contributed by atoms with Gasteiger partial charge in [0.25, 0.3) is 0 Å². The van der Waals surface area contributed by atoms with Crippen LogP contribution in [0.1, 0.15) is 19.8 Å². The molecular weight excluding hydrogens is 207 g/mol. The van der Waals surface area contributed by atoms with Gasteiger partial charge in [-0.25, -0.2) is 0 Å². The summed E-state index contributed by atoms with van der Waals surface area (Å²) in [5, 5.41) is 11.7. The van der Waals surface area contributed by atoms with Gasteiger partial charge in [0.2, 0.25) is 0 Å². The van der Waals surface area contributed by atoms with Crippen molar-refractivity contribution in [2.24, 2.45) is 11.1 Å². The van der Waals surface area contributed by atoms with Crippen LogP contribution in [0.2, 0.25) is 0 Å². The number of hydrogen-bond donors (Lipinski definition) is 1. The monoisotopic (exact) mass is 219 g/mol. The molecule has 1 N–H and O–H groups in total. The van der Waals surface area contributed by atoms with Crippen LogP contribution in [0.4, 0.5) is 13.2 Å². The van der Waals surface area contributed by atoms with E-state index in [1.54, 1.807) is 6.92 Å². The lowest BCUT2D eigenvalue weighted by Gasteiger charge is -2.17. The summed E-state index contributed by atoms with van der Waals surface area (Å²) in [7, 11) is 0. The Morgan fingerprint density at radius 2 is 2.27 bits per heavy atom. The molecule has 1 atom stereocenters. The molecule has 0 saturated carbocycles. The first kappa shape index (κ1) is 11.8. The van der Waals surface area contributed by atoms with Gasteiger partial charge in [-0.3, -0.25) is 0 Å². The highest BCUT2D eigenvalue weighted by atomic mass is 19.4. The topological polar surface area (TPSA) is 32.6 Å². The molecule has 0 heterocycles. The number of allylic oxidation sites excluding steroid dienone is 4. The van der Waals surface area contributed by atoms with E-state index in [4.69, 9.17) is 5.21 Å². The van der Waals surface area contributed by atoms with Gasteiger partial charge < -0.3 is 5.21 Å². The fraction of sp³-hybridized carbons (Fsp3) is 0.500. The molecule has 0 aromatic carbocycles. The van der Waals surface area contributed by atoms with Gasteiger partial charge >= 0.3 is 6.18 Å². The van der Waals surface area contributed by atoms with E-state index in [1.165, 1.54) is 6.08 Å². The van der Waals surface area contributed by atoms with E-state index >= 15 is 0 Å². The van der Waals surface area contributed by atoms with E-state index in [0.29, 0.717) is 12.1 Å². The zero-order valence-corrected chi connectivity index (χ0v) is 8.25. The quantitative estimate of drug-likeness (QED) is 0.431. The first-order chi connectivity index (χ1) is 6.99. The maximum absolute atomic E-state index is 12.2. The summed E-state index contributed by atoms with van der Waals surface area (Å²) < 4.78 is 36.7.